The van der Waals surface area contributed by atoms with Crippen molar-refractivity contribution < 1.29 is 13.2 Å². The summed E-state index contributed by atoms with van der Waals surface area (Å²) in [6, 6.07) is 14.7. The molecule has 1 N–H and O–H groups in total. The Hall–Kier alpha value is -2.22. The first-order valence-electron chi connectivity index (χ1n) is 9.96. The fourth-order valence-corrected chi connectivity index (χ4v) is 4.57. The van der Waals surface area contributed by atoms with Crippen LogP contribution in [0.4, 0.5) is 5.69 Å². The first kappa shape index (κ1) is 23.1. The maximum Gasteiger partial charge on any atom is 0.243 e. The van der Waals surface area contributed by atoms with Gasteiger partial charge in [0.2, 0.25) is 15.9 Å². The van der Waals surface area contributed by atoms with Crippen LogP contribution in [0.15, 0.2) is 53.4 Å². The summed E-state index contributed by atoms with van der Waals surface area (Å²) in [6.45, 7) is 7.51. The van der Waals surface area contributed by atoms with Crippen molar-refractivity contribution >= 4 is 21.6 Å². The average Bonchev–Trinajstić information content (AvgIpc) is 2.69. The molecule has 29 heavy (non-hydrogen) atoms. The Kier molecular flexibility index (Phi) is 8.37. The second-order valence-corrected chi connectivity index (χ2v) is 8.94. The molecule has 0 fully saturated rings. The molecule has 2 aromatic rings. The predicted molar refractivity (Wildman–Crippen MR) is 117 cm³/mol. The second kappa shape index (κ2) is 10.5. The predicted octanol–water partition coefficient (Wildman–Crippen LogP) is 3.35. The summed E-state index contributed by atoms with van der Waals surface area (Å²) >= 11 is 0. The quantitative estimate of drug-likeness (QED) is 0.644. The van der Waals surface area contributed by atoms with Gasteiger partial charge >= 0.3 is 0 Å². The lowest BCUT2D eigenvalue weighted by molar-refractivity contribution is -0.117. The fraction of sp³-hybridized carbons (Fsp3) is 0.409. The van der Waals surface area contributed by atoms with E-state index in [9.17, 15) is 13.2 Å². The van der Waals surface area contributed by atoms with Gasteiger partial charge in [-0.25, -0.2) is 8.42 Å². The number of hydrogen-bond donors (Lipinski definition) is 1. The van der Waals surface area contributed by atoms with E-state index in [2.05, 4.69) is 36.5 Å². The molecule has 158 valence electrons. The molecule has 0 aliphatic carbocycles. The van der Waals surface area contributed by atoms with Gasteiger partial charge < -0.3 is 5.32 Å². The van der Waals surface area contributed by atoms with E-state index in [1.807, 2.05) is 25.8 Å². The van der Waals surface area contributed by atoms with Gasteiger partial charge in [0.15, 0.2) is 0 Å². The van der Waals surface area contributed by atoms with Gasteiger partial charge in [-0.2, -0.15) is 4.31 Å². The molecule has 0 heterocycles. The van der Waals surface area contributed by atoms with Crippen LogP contribution in [-0.2, 0) is 27.8 Å². The normalized spacial score (nSPS) is 11.8. The van der Waals surface area contributed by atoms with Gasteiger partial charge in [-0.3, -0.25) is 9.69 Å². The van der Waals surface area contributed by atoms with E-state index in [0.717, 1.165) is 12.0 Å². The number of hydrogen-bond acceptors (Lipinski definition) is 4. The Labute approximate surface area is 174 Å². The Bertz CT molecular complexity index is 890. The zero-order chi connectivity index (χ0) is 21.4. The SMILES string of the molecule is CCc1ccc(CN(C)CC(=O)Nc2ccc(S(=O)(=O)N(CC)CC)cc2)cc1. The van der Waals surface area contributed by atoms with E-state index in [-0.39, 0.29) is 17.3 Å². The number of nitrogens with one attached hydrogen (secondary N) is 1. The topological polar surface area (TPSA) is 69.7 Å². The number of amides is 1. The highest BCUT2D eigenvalue weighted by molar-refractivity contribution is 7.89. The Morgan fingerprint density at radius 1 is 0.897 bits per heavy atom. The van der Waals surface area contributed by atoms with Crippen molar-refractivity contribution in [2.75, 3.05) is 32.0 Å². The lowest BCUT2D eigenvalue weighted by Crippen LogP contribution is -2.31. The van der Waals surface area contributed by atoms with Crippen LogP contribution in [0.25, 0.3) is 0 Å². The molecule has 6 nitrogen and oxygen atoms in total. The summed E-state index contributed by atoms with van der Waals surface area (Å²) in [5.74, 6) is -0.142. The van der Waals surface area contributed by atoms with Crippen molar-refractivity contribution in [2.45, 2.75) is 38.6 Å². The largest absolute Gasteiger partial charge is 0.325 e. The van der Waals surface area contributed by atoms with Crippen LogP contribution in [0.2, 0.25) is 0 Å². The van der Waals surface area contributed by atoms with Crippen molar-refractivity contribution in [3.63, 3.8) is 0 Å². The molecule has 0 spiro atoms. The minimum atomic E-state index is -3.49. The maximum atomic E-state index is 12.5. The van der Waals surface area contributed by atoms with Gasteiger partial charge in [-0.15, -0.1) is 0 Å². The number of nitrogens with zero attached hydrogens (tertiary/aromatic N) is 2. The summed E-state index contributed by atoms with van der Waals surface area (Å²) in [7, 11) is -1.60. The number of rotatable bonds is 10. The Morgan fingerprint density at radius 2 is 1.45 bits per heavy atom. The maximum absolute atomic E-state index is 12.5. The number of benzene rings is 2. The number of carbonyl (C=O) groups is 1. The Balaban J connectivity index is 1.93. The number of aryl methyl sites for hydroxylation is 1. The molecule has 1 amide bonds. The zero-order valence-corrected chi connectivity index (χ0v) is 18.5. The highest BCUT2D eigenvalue weighted by Crippen LogP contribution is 2.18. The third kappa shape index (κ3) is 6.39. The third-order valence-corrected chi connectivity index (χ3v) is 6.84. The van der Waals surface area contributed by atoms with E-state index in [4.69, 9.17) is 0 Å². The van der Waals surface area contributed by atoms with Crippen LogP contribution < -0.4 is 5.32 Å². The molecule has 0 atom stereocenters. The monoisotopic (exact) mass is 417 g/mol. The summed E-state index contributed by atoms with van der Waals surface area (Å²) in [5.41, 5.74) is 3.03. The van der Waals surface area contributed by atoms with E-state index >= 15 is 0 Å². The van der Waals surface area contributed by atoms with Crippen molar-refractivity contribution in [1.82, 2.24) is 9.21 Å². The molecular formula is C22H31N3O3S. The highest BCUT2D eigenvalue weighted by Gasteiger charge is 2.21. The smallest absolute Gasteiger partial charge is 0.243 e. The van der Waals surface area contributed by atoms with Crippen molar-refractivity contribution in [3.05, 3.63) is 59.7 Å². The molecule has 0 saturated heterocycles. The van der Waals surface area contributed by atoms with Gasteiger partial charge in [0.05, 0.1) is 11.4 Å². The molecule has 0 unspecified atom stereocenters. The standard InChI is InChI=1S/C22H31N3O3S/c1-5-18-8-10-19(11-9-18)16-24(4)17-22(26)23-20-12-14-21(15-13-20)29(27,28)25(6-2)7-3/h8-15H,5-7,16-17H2,1-4H3,(H,23,26). The van der Waals surface area contributed by atoms with Crippen molar-refractivity contribution in [2.24, 2.45) is 0 Å². The minimum Gasteiger partial charge on any atom is -0.325 e. The van der Waals surface area contributed by atoms with Gasteiger partial charge in [0, 0.05) is 25.3 Å². The molecule has 0 radical (unpaired) electrons. The summed E-state index contributed by atoms with van der Waals surface area (Å²) in [6.07, 6.45) is 1.01. The second-order valence-electron chi connectivity index (χ2n) is 7.00. The van der Waals surface area contributed by atoms with Crippen LogP contribution in [0.3, 0.4) is 0 Å². The summed E-state index contributed by atoms with van der Waals surface area (Å²) < 4.78 is 26.4. The molecule has 7 heteroatoms. The van der Waals surface area contributed by atoms with Crippen LogP contribution in [0.1, 0.15) is 31.9 Å². The van der Waals surface area contributed by atoms with Gasteiger partial charge in [-0.1, -0.05) is 45.0 Å². The molecule has 0 aliphatic heterocycles. The van der Waals surface area contributed by atoms with E-state index in [1.165, 1.54) is 22.0 Å². The molecule has 2 aromatic carbocycles. The molecule has 0 bridgehead atoms. The highest BCUT2D eigenvalue weighted by atomic mass is 32.2. The number of carbonyl (C=O) groups excluding carboxylic acids is 1. The van der Waals surface area contributed by atoms with Gasteiger partial charge in [0.25, 0.3) is 0 Å². The summed E-state index contributed by atoms with van der Waals surface area (Å²) in [5, 5.41) is 2.82. The fourth-order valence-electron chi connectivity index (χ4n) is 3.12. The van der Waals surface area contributed by atoms with Crippen LogP contribution in [0.5, 0.6) is 0 Å². The first-order valence-corrected chi connectivity index (χ1v) is 11.4. The first-order chi connectivity index (χ1) is 13.8. The molecular weight excluding hydrogens is 386 g/mol. The molecule has 0 aromatic heterocycles. The van der Waals surface area contributed by atoms with E-state index in [0.29, 0.717) is 25.3 Å². The number of sulfonamides is 1. The Morgan fingerprint density at radius 3 is 1.97 bits per heavy atom. The van der Waals surface area contributed by atoms with Crippen molar-refractivity contribution in [3.8, 4) is 0 Å². The third-order valence-electron chi connectivity index (χ3n) is 4.78. The summed E-state index contributed by atoms with van der Waals surface area (Å²) in [4.78, 5) is 14.5. The minimum absolute atomic E-state index is 0.142. The zero-order valence-electron chi connectivity index (χ0n) is 17.7. The molecule has 0 aliphatic rings. The van der Waals surface area contributed by atoms with Gasteiger partial charge in [0.1, 0.15) is 0 Å². The molecule has 2 rings (SSSR count). The van der Waals surface area contributed by atoms with E-state index < -0.39 is 10.0 Å². The van der Waals surface area contributed by atoms with Crippen LogP contribution >= 0.6 is 0 Å². The lowest BCUT2D eigenvalue weighted by Gasteiger charge is -2.19. The van der Waals surface area contributed by atoms with Crippen LogP contribution in [-0.4, -0.2) is 50.2 Å². The molecule has 0 saturated carbocycles. The number of anilines is 1. The average molecular weight is 418 g/mol. The van der Waals surface area contributed by atoms with E-state index in [1.54, 1.807) is 12.1 Å². The lowest BCUT2D eigenvalue weighted by atomic mass is 10.1. The number of likely N-dealkylation sites (N-methyl/N-ethyl adjacent to an activating group) is 1. The van der Waals surface area contributed by atoms with Gasteiger partial charge in [-0.05, 0) is 48.9 Å². The van der Waals surface area contributed by atoms with Crippen LogP contribution in [0, 0.1) is 0 Å². The van der Waals surface area contributed by atoms with Crippen molar-refractivity contribution in [1.29, 1.82) is 0 Å².